The SMILES string of the molecule is CCCCCn1c(COc2cccc(OC)c2)nc2ccccc21. The number of fused-ring (bicyclic) bond motifs is 1. The van der Waals surface area contributed by atoms with Crippen molar-refractivity contribution in [3.63, 3.8) is 0 Å². The molecule has 0 aliphatic heterocycles. The maximum Gasteiger partial charge on any atom is 0.147 e. The molecule has 4 nitrogen and oxygen atoms in total. The number of ether oxygens (including phenoxy) is 2. The molecule has 24 heavy (non-hydrogen) atoms. The van der Waals surface area contributed by atoms with Gasteiger partial charge in [0.2, 0.25) is 0 Å². The van der Waals surface area contributed by atoms with Gasteiger partial charge in [0.1, 0.15) is 23.9 Å². The molecule has 0 fully saturated rings. The normalized spacial score (nSPS) is 10.9. The minimum atomic E-state index is 0.452. The first kappa shape index (κ1) is 16.4. The lowest BCUT2D eigenvalue weighted by atomic mass is 10.2. The standard InChI is InChI=1S/C20H24N2O2/c1-3-4-7-13-22-19-12-6-5-11-18(19)21-20(22)15-24-17-10-8-9-16(14-17)23-2/h5-6,8-12,14H,3-4,7,13,15H2,1-2H3. The van der Waals surface area contributed by atoms with Gasteiger partial charge in [-0.2, -0.15) is 0 Å². The van der Waals surface area contributed by atoms with Gasteiger partial charge in [-0.25, -0.2) is 4.98 Å². The van der Waals surface area contributed by atoms with Gasteiger partial charge in [0.15, 0.2) is 0 Å². The minimum absolute atomic E-state index is 0.452. The van der Waals surface area contributed by atoms with Gasteiger partial charge in [0.25, 0.3) is 0 Å². The highest BCUT2D eigenvalue weighted by Gasteiger charge is 2.11. The van der Waals surface area contributed by atoms with Crippen LogP contribution in [-0.2, 0) is 13.2 Å². The van der Waals surface area contributed by atoms with Gasteiger partial charge >= 0.3 is 0 Å². The molecule has 4 heteroatoms. The number of unbranched alkanes of at least 4 members (excludes halogenated alkanes) is 2. The van der Waals surface area contributed by atoms with Crippen LogP contribution in [0.3, 0.4) is 0 Å². The molecule has 126 valence electrons. The summed E-state index contributed by atoms with van der Waals surface area (Å²) < 4.78 is 13.5. The van der Waals surface area contributed by atoms with E-state index in [1.54, 1.807) is 7.11 Å². The van der Waals surface area contributed by atoms with Crippen molar-refractivity contribution in [1.29, 1.82) is 0 Å². The van der Waals surface area contributed by atoms with E-state index < -0.39 is 0 Å². The van der Waals surface area contributed by atoms with Crippen molar-refractivity contribution in [3.05, 3.63) is 54.4 Å². The molecule has 0 atom stereocenters. The van der Waals surface area contributed by atoms with Gasteiger partial charge in [-0.05, 0) is 30.7 Å². The number of imidazole rings is 1. The van der Waals surface area contributed by atoms with Crippen molar-refractivity contribution in [2.75, 3.05) is 7.11 Å². The zero-order valence-corrected chi connectivity index (χ0v) is 14.4. The molecular formula is C20H24N2O2. The largest absolute Gasteiger partial charge is 0.497 e. The monoisotopic (exact) mass is 324 g/mol. The summed E-state index contributed by atoms with van der Waals surface area (Å²) in [5, 5.41) is 0. The van der Waals surface area contributed by atoms with Crippen molar-refractivity contribution in [2.24, 2.45) is 0 Å². The summed E-state index contributed by atoms with van der Waals surface area (Å²) in [6, 6.07) is 15.9. The topological polar surface area (TPSA) is 36.3 Å². The van der Waals surface area contributed by atoms with Crippen molar-refractivity contribution < 1.29 is 9.47 Å². The Kier molecular flexibility index (Phi) is 5.36. The summed E-state index contributed by atoms with van der Waals surface area (Å²) in [4.78, 5) is 4.76. The third-order valence-corrected chi connectivity index (χ3v) is 4.13. The Morgan fingerprint density at radius 2 is 1.83 bits per heavy atom. The number of aryl methyl sites for hydroxylation is 1. The molecule has 3 rings (SSSR count). The summed E-state index contributed by atoms with van der Waals surface area (Å²) in [5.41, 5.74) is 2.20. The van der Waals surface area contributed by atoms with Crippen LogP contribution in [0.25, 0.3) is 11.0 Å². The predicted molar refractivity (Wildman–Crippen MR) is 96.6 cm³/mol. The molecule has 0 spiro atoms. The van der Waals surface area contributed by atoms with Gasteiger partial charge in [0.05, 0.1) is 18.1 Å². The molecule has 3 aromatic rings. The molecule has 0 aliphatic rings. The average molecular weight is 324 g/mol. The first-order valence-electron chi connectivity index (χ1n) is 8.53. The molecule has 1 aromatic heterocycles. The van der Waals surface area contributed by atoms with Gasteiger partial charge < -0.3 is 14.0 Å². The Labute approximate surface area is 143 Å². The van der Waals surface area contributed by atoms with E-state index in [0.717, 1.165) is 35.8 Å². The quantitative estimate of drug-likeness (QED) is 0.558. The Hall–Kier alpha value is -2.49. The molecule has 0 bridgehead atoms. The highest BCUT2D eigenvalue weighted by atomic mass is 16.5. The van der Waals surface area contributed by atoms with E-state index in [4.69, 9.17) is 14.5 Å². The van der Waals surface area contributed by atoms with Crippen molar-refractivity contribution in [2.45, 2.75) is 39.3 Å². The number of benzene rings is 2. The molecule has 0 amide bonds. The molecule has 0 saturated heterocycles. The zero-order valence-electron chi connectivity index (χ0n) is 14.4. The second-order valence-corrected chi connectivity index (χ2v) is 5.84. The van der Waals surface area contributed by atoms with Crippen molar-refractivity contribution >= 4 is 11.0 Å². The smallest absolute Gasteiger partial charge is 0.147 e. The molecule has 2 aromatic carbocycles. The number of aromatic nitrogens is 2. The van der Waals surface area contributed by atoms with E-state index in [9.17, 15) is 0 Å². The van der Waals surface area contributed by atoms with Crippen molar-refractivity contribution in [1.82, 2.24) is 9.55 Å². The van der Waals surface area contributed by atoms with E-state index in [-0.39, 0.29) is 0 Å². The first-order chi connectivity index (χ1) is 11.8. The third kappa shape index (κ3) is 3.70. The maximum atomic E-state index is 5.95. The van der Waals surface area contributed by atoms with E-state index >= 15 is 0 Å². The van der Waals surface area contributed by atoms with Crippen LogP contribution < -0.4 is 9.47 Å². The van der Waals surface area contributed by atoms with E-state index in [1.807, 2.05) is 30.3 Å². The van der Waals surface area contributed by atoms with Gasteiger partial charge in [-0.3, -0.25) is 0 Å². The average Bonchev–Trinajstić information content (AvgIpc) is 2.98. The van der Waals surface area contributed by atoms with E-state index in [2.05, 4.69) is 29.7 Å². The molecule has 0 radical (unpaired) electrons. The second-order valence-electron chi connectivity index (χ2n) is 5.84. The van der Waals surface area contributed by atoms with E-state index in [0.29, 0.717) is 6.61 Å². The number of rotatable bonds is 8. The van der Waals surface area contributed by atoms with E-state index in [1.165, 1.54) is 18.4 Å². The Balaban J connectivity index is 1.80. The lowest BCUT2D eigenvalue weighted by molar-refractivity contribution is 0.287. The Morgan fingerprint density at radius 1 is 1.00 bits per heavy atom. The summed E-state index contributed by atoms with van der Waals surface area (Å²) >= 11 is 0. The van der Waals surface area contributed by atoms with Crippen LogP contribution in [0.5, 0.6) is 11.5 Å². The molecule has 1 heterocycles. The lowest BCUT2D eigenvalue weighted by Crippen LogP contribution is -2.07. The summed E-state index contributed by atoms with van der Waals surface area (Å²) in [5.74, 6) is 2.56. The molecule has 0 aliphatic carbocycles. The second kappa shape index (κ2) is 7.86. The summed E-state index contributed by atoms with van der Waals surface area (Å²) in [6.07, 6.45) is 3.59. The van der Waals surface area contributed by atoms with Crippen LogP contribution in [0.15, 0.2) is 48.5 Å². The molecule has 0 unspecified atom stereocenters. The fraction of sp³-hybridized carbons (Fsp3) is 0.350. The van der Waals surface area contributed by atoms with Crippen LogP contribution in [0.4, 0.5) is 0 Å². The molecule has 0 N–H and O–H groups in total. The number of hydrogen-bond donors (Lipinski definition) is 0. The predicted octanol–water partition coefficient (Wildman–Crippen LogP) is 4.81. The highest BCUT2D eigenvalue weighted by molar-refractivity contribution is 5.75. The Morgan fingerprint density at radius 3 is 2.67 bits per heavy atom. The highest BCUT2D eigenvalue weighted by Crippen LogP contribution is 2.22. The first-order valence-corrected chi connectivity index (χ1v) is 8.53. The summed E-state index contributed by atoms with van der Waals surface area (Å²) in [7, 11) is 1.66. The zero-order chi connectivity index (χ0) is 16.8. The fourth-order valence-electron chi connectivity index (χ4n) is 2.84. The van der Waals surface area contributed by atoms with Gasteiger partial charge in [0, 0.05) is 12.6 Å². The number of nitrogens with zero attached hydrogens (tertiary/aromatic N) is 2. The number of para-hydroxylation sites is 2. The Bertz CT molecular complexity index is 795. The molecule has 0 saturated carbocycles. The summed E-state index contributed by atoms with van der Waals surface area (Å²) in [6.45, 7) is 3.65. The molecular weight excluding hydrogens is 300 g/mol. The van der Waals surface area contributed by atoms with Gasteiger partial charge in [-0.1, -0.05) is 38.0 Å². The van der Waals surface area contributed by atoms with Crippen LogP contribution in [0.1, 0.15) is 32.0 Å². The van der Waals surface area contributed by atoms with Crippen LogP contribution in [0, 0.1) is 0 Å². The fourth-order valence-corrected chi connectivity index (χ4v) is 2.84. The maximum absolute atomic E-state index is 5.95. The van der Waals surface area contributed by atoms with Crippen LogP contribution in [-0.4, -0.2) is 16.7 Å². The van der Waals surface area contributed by atoms with Crippen LogP contribution in [0.2, 0.25) is 0 Å². The number of hydrogen-bond acceptors (Lipinski definition) is 3. The van der Waals surface area contributed by atoms with Crippen LogP contribution >= 0.6 is 0 Å². The van der Waals surface area contributed by atoms with Crippen molar-refractivity contribution in [3.8, 4) is 11.5 Å². The number of methoxy groups -OCH3 is 1. The third-order valence-electron chi connectivity index (χ3n) is 4.13. The van der Waals surface area contributed by atoms with Gasteiger partial charge in [-0.15, -0.1) is 0 Å². The lowest BCUT2D eigenvalue weighted by Gasteiger charge is -2.11. The minimum Gasteiger partial charge on any atom is -0.497 e.